The maximum Gasteiger partial charge on any atom is 0.234 e. The molecule has 5 heteroatoms. The monoisotopic (exact) mass is 345 g/mol. The van der Waals surface area contributed by atoms with Crippen LogP contribution in [0.15, 0.2) is 24.3 Å². The predicted molar refractivity (Wildman–Crippen MR) is 101 cm³/mol. The summed E-state index contributed by atoms with van der Waals surface area (Å²) in [6, 6.07) is 8.14. The molecule has 5 nitrogen and oxygen atoms in total. The van der Waals surface area contributed by atoms with E-state index in [0.717, 1.165) is 44.2 Å². The number of hydrogen-bond acceptors (Lipinski definition) is 4. The zero-order valence-corrected chi connectivity index (χ0v) is 15.4. The van der Waals surface area contributed by atoms with Crippen molar-refractivity contribution in [1.82, 2.24) is 10.2 Å². The second kappa shape index (κ2) is 9.09. The molecule has 0 aromatic heterocycles. The second-order valence-corrected chi connectivity index (χ2v) is 7.24. The molecule has 1 aliphatic carbocycles. The van der Waals surface area contributed by atoms with Gasteiger partial charge in [0.15, 0.2) is 0 Å². The number of piperazine rings is 1. The van der Waals surface area contributed by atoms with Crippen LogP contribution in [0.2, 0.25) is 0 Å². The summed E-state index contributed by atoms with van der Waals surface area (Å²) in [7, 11) is 1.71. The Morgan fingerprint density at radius 3 is 2.56 bits per heavy atom. The van der Waals surface area contributed by atoms with Crippen molar-refractivity contribution in [1.29, 1.82) is 0 Å². The van der Waals surface area contributed by atoms with Gasteiger partial charge in [0.05, 0.1) is 19.3 Å². The Morgan fingerprint density at radius 1 is 1.12 bits per heavy atom. The minimum absolute atomic E-state index is 0.177. The molecular formula is C20H31N3O2. The Kier molecular flexibility index (Phi) is 6.56. The molecule has 0 atom stereocenters. The number of nitrogens with zero attached hydrogens (tertiary/aromatic N) is 2. The summed E-state index contributed by atoms with van der Waals surface area (Å²) in [6.07, 6.45) is 6.56. The molecule has 0 unspecified atom stereocenters. The van der Waals surface area contributed by atoms with Gasteiger partial charge < -0.3 is 15.0 Å². The van der Waals surface area contributed by atoms with Crippen LogP contribution < -0.4 is 15.0 Å². The summed E-state index contributed by atoms with van der Waals surface area (Å²) in [5.74, 6) is 1.79. The van der Waals surface area contributed by atoms with Crippen LogP contribution in [-0.4, -0.2) is 57.2 Å². The number of ether oxygens (including phenoxy) is 1. The molecule has 25 heavy (non-hydrogen) atoms. The minimum Gasteiger partial charge on any atom is -0.495 e. The van der Waals surface area contributed by atoms with Gasteiger partial charge >= 0.3 is 0 Å². The Balaban J connectivity index is 1.40. The van der Waals surface area contributed by atoms with E-state index in [4.69, 9.17) is 4.74 Å². The Morgan fingerprint density at radius 2 is 1.84 bits per heavy atom. The molecule has 0 spiro atoms. The van der Waals surface area contributed by atoms with E-state index in [1.165, 1.54) is 32.1 Å². The van der Waals surface area contributed by atoms with Crippen LogP contribution in [0, 0.1) is 5.92 Å². The molecule has 138 valence electrons. The molecule has 1 saturated heterocycles. The topological polar surface area (TPSA) is 44.8 Å². The van der Waals surface area contributed by atoms with E-state index in [1.54, 1.807) is 7.11 Å². The number of methoxy groups -OCH3 is 1. The van der Waals surface area contributed by atoms with Crippen molar-refractivity contribution in [2.45, 2.75) is 32.1 Å². The van der Waals surface area contributed by atoms with Gasteiger partial charge in [-0.15, -0.1) is 0 Å². The van der Waals surface area contributed by atoms with Crippen molar-refractivity contribution < 1.29 is 9.53 Å². The molecule has 2 aliphatic rings. The normalized spacial score (nSPS) is 19.6. The molecule has 1 heterocycles. The van der Waals surface area contributed by atoms with E-state index in [-0.39, 0.29) is 5.91 Å². The maximum absolute atomic E-state index is 12.2. The summed E-state index contributed by atoms with van der Waals surface area (Å²) in [5, 5.41) is 3.15. The van der Waals surface area contributed by atoms with Gasteiger partial charge in [-0.3, -0.25) is 9.69 Å². The smallest absolute Gasteiger partial charge is 0.234 e. The van der Waals surface area contributed by atoms with Gasteiger partial charge in [0.2, 0.25) is 5.91 Å². The van der Waals surface area contributed by atoms with Gasteiger partial charge in [0, 0.05) is 32.7 Å². The highest BCUT2D eigenvalue weighted by Crippen LogP contribution is 2.28. The third-order valence-electron chi connectivity index (χ3n) is 5.48. The highest BCUT2D eigenvalue weighted by atomic mass is 16.5. The molecule has 2 fully saturated rings. The molecule has 3 rings (SSSR count). The van der Waals surface area contributed by atoms with Crippen LogP contribution in [-0.2, 0) is 4.79 Å². The predicted octanol–water partition coefficient (Wildman–Crippen LogP) is 2.51. The Hall–Kier alpha value is -1.75. The molecule has 1 aromatic rings. The van der Waals surface area contributed by atoms with Crippen LogP contribution in [0.25, 0.3) is 0 Å². The van der Waals surface area contributed by atoms with Crippen molar-refractivity contribution in [3.8, 4) is 5.75 Å². The maximum atomic E-state index is 12.2. The van der Waals surface area contributed by atoms with Gasteiger partial charge in [-0.1, -0.05) is 31.4 Å². The van der Waals surface area contributed by atoms with Crippen molar-refractivity contribution in [2.24, 2.45) is 5.92 Å². The number of anilines is 1. The molecule has 1 saturated carbocycles. The van der Waals surface area contributed by atoms with Gasteiger partial charge in [-0.05, 0) is 30.9 Å². The van der Waals surface area contributed by atoms with Gasteiger partial charge in [-0.25, -0.2) is 0 Å². The lowest BCUT2D eigenvalue weighted by Gasteiger charge is -2.36. The van der Waals surface area contributed by atoms with E-state index in [2.05, 4.69) is 21.2 Å². The summed E-state index contributed by atoms with van der Waals surface area (Å²) in [6.45, 7) is 5.06. The lowest BCUT2D eigenvalue weighted by atomic mass is 9.89. The molecule has 1 aliphatic heterocycles. The molecule has 1 N–H and O–H groups in total. The fourth-order valence-electron chi connectivity index (χ4n) is 3.95. The lowest BCUT2D eigenvalue weighted by molar-refractivity contribution is -0.122. The quantitative estimate of drug-likeness (QED) is 0.860. The van der Waals surface area contributed by atoms with E-state index in [0.29, 0.717) is 12.5 Å². The first-order chi connectivity index (χ1) is 12.3. The number of hydrogen-bond donors (Lipinski definition) is 1. The van der Waals surface area contributed by atoms with Crippen molar-refractivity contribution >= 4 is 11.6 Å². The Labute approximate surface area is 151 Å². The third kappa shape index (κ3) is 5.11. The van der Waals surface area contributed by atoms with Gasteiger partial charge in [0.25, 0.3) is 0 Å². The molecule has 1 amide bonds. The summed E-state index contributed by atoms with van der Waals surface area (Å²) in [4.78, 5) is 16.8. The number of nitrogens with one attached hydrogen (secondary N) is 1. The molecule has 0 radical (unpaired) electrons. The van der Waals surface area contributed by atoms with E-state index in [1.807, 2.05) is 18.2 Å². The number of carbonyl (C=O) groups is 1. The number of para-hydroxylation sites is 2. The number of amides is 1. The fourth-order valence-corrected chi connectivity index (χ4v) is 3.95. The zero-order chi connectivity index (χ0) is 17.5. The minimum atomic E-state index is 0.177. The first-order valence-electron chi connectivity index (χ1n) is 9.63. The number of carbonyl (C=O) groups excluding carboxylic acids is 1. The van der Waals surface area contributed by atoms with Crippen LogP contribution in [0.1, 0.15) is 32.1 Å². The average molecular weight is 345 g/mol. The van der Waals surface area contributed by atoms with Crippen LogP contribution >= 0.6 is 0 Å². The van der Waals surface area contributed by atoms with Gasteiger partial charge in [-0.2, -0.15) is 0 Å². The highest BCUT2D eigenvalue weighted by molar-refractivity contribution is 5.78. The number of benzene rings is 1. The summed E-state index contributed by atoms with van der Waals surface area (Å²) >= 11 is 0. The van der Waals surface area contributed by atoms with Crippen molar-refractivity contribution in [3.05, 3.63) is 24.3 Å². The fraction of sp³-hybridized carbons (Fsp3) is 0.650. The van der Waals surface area contributed by atoms with Crippen molar-refractivity contribution in [2.75, 3.05) is 51.3 Å². The van der Waals surface area contributed by atoms with E-state index in [9.17, 15) is 4.79 Å². The van der Waals surface area contributed by atoms with E-state index < -0.39 is 0 Å². The van der Waals surface area contributed by atoms with Gasteiger partial charge in [0.1, 0.15) is 5.75 Å². The number of rotatable bonds is 6. The largest absolute Gasteiger partial charge is 0.495 e. The molecule has 1 aromatic carbocycles. The summed E-state index contributed by atoms with van der Waals surface area (Å²) in [5.41, 5.74) is 1.14. The van der Waals surface area contributed by atoms with Crippen LogP contribution in [0.5, 0.6) is 5.75 Å². The zero-order valence-electron chi connectivity index (χ0n) is 15.4. The lowest BCUT2D eigenvalue weighted by Crippen LogP contribution is -2.50. The van der Waals surface area contributed by atoms with Crippen LogP contribution in [0.4, 0.5) is 5.69 Å². The first kappa shape index (κ1) is 18.1. The van der Waals surface area contributed by atoms with Crippen molar-refractivity contribution in [3.63, 3.8) is 0 Å². The first-order valence-corrected chi connectivity index (χ1v) is 9.63. The Bertz CT molecular complexity index is 550. The SMILES string of the molecule is COc1ccccc1N1CCN(CC(=O)NCC2CCCCC2)CC1. The van der Waals surface area contributed by atoms with E-state index >= 15 is 0 Å². The standard InChI is InChI=1S/C20H31N3O2/c1-25-19-10-6-5-9-18(19)23-13-11-22(12-14-23)16-20(24)21-15-17-7-3-2-4-8-17/h5-6,9-10,17H,2-4,7-8,11-16H2,1H3,(H,21,24). The molecular weight excluding hydrogens is 314 g/mol. The second-order valence-electron chi connectivity index (χ2n) is 7.24. The van der Waals surface area contributed by atoms with Crippen LogP contribution in [0.3, 0.4) is 0 Å². The molecule has 0 bridgehead atoms. The highest BCUT2D eigenvalue weighted by Gasteiger charge is 2.21. The summed E-state index contributed by atoms with van der Waals surface area (Å²) < 4.78 is 5.46. The average Bonchev–Trinajstić information content (AvgIpc) is 2.68. The third-order valence-corrected chi connectivity index (χ3v) is 5.48.